The third kappa shape index (κ3) is 2.14. The zero-order chi connectivity index (χ0) is 10.8. The molecular formula is C13H15NO. The van der Waals surface area contributed by atoms with Gasteiger partial charge in [-0.3, -0.25) is 9.79 Å². The van der Waals surface area contributed by atoms with Crippen molar-refractivity contribution < 1.29 is 4.79 Å². The van der Waals surface area contributed by atoms with Crippen LogP contribution in [0.5, 0.6) is 0 Å². The van der Waals surface area contributed by atoms with Gasteiger partial charge in [-0.05, 0) is 44.2 Å². The second-order valence-corrected chi connectivity index (χ2v) is 4.14. The van der Waals surface area contributed by atoms with Crippen molar-refractivity contribution in [2.45, 2.75) is 26.7 Å². The predicted octanol–water partition coefficient (Wildman–Crippen LogP) is 3.31. The Morgan fingerprint density at radius 2 is 2.20 bits per heavy atom. The molecule has 0 atom stereocenters. The van der Waals surface area contributed by atoms with Crippen LogP contribution >= 0.6 is 0 Å². The van der Waals surface area contributed by atoms with E-state index < -0.39 is 0 Å². The van der Waals surface area contributed by atoms with Crippen LogP contribution in [0.15, 0.2) is 23.2 Å². The van der Waals surface area contributed by atoms with Crippen molar-refractivity contribution in [3.05, 3.63) is 29.3 Å². The number of carbonyl (C=O) groups is 1. The zero-order valence-electron chi connectivity index (χ0n) is 9.16. The lowest BCUT2D eigenvalue weighted by molar-refractivity contribution is 0.112. The average molecular weight is 201 g/mol. The van der Waals surface area contributed by atoms with E-state index in [-0.39, 0.29) is 0 Å². The second-order valence-electron chi connectivity index (χ2n) is 4.14. The summed E-state index contributed by atoms with van der Waals surface area (Å²) in [5.41, 5.74) is 3.84. The molecule has 0 heterocycles. The van der Waals surface area contributed by atoms with Crippen LogP contribution in [0.25, 0.3) is 0 Å². The number of hydrogen-bond donors (Lipinski definition) is 0. The highest BCUT2D eigenvalue weighted by Crippen LogP contribution is 2.32. The fourth-order valence-corrected chi connectivity index (χ4v) is 1.67. The molecule has 0 bridgehead atoms. The fourth-order valence-electron chi connectivity index (χ4n) is 1.67. The highest BCUT2D eigenvalue weighted by molar-refractivity contribution is 5.90. The van der Waals surface area contributed by atoms with Crippen LogP contribution < -0.4 is 0 Å². The highest BCUT2D eigenvalue weighted by atomic mass is 16.1. The van der Waals surface area contributed by atoms with E-state index in [0.717, 1.165) is 23.1 Å². The number of aldehydes is 1. The van der Waals surface area contributed by atoms with Crippen molar-refractivity contribution in [3.8, 4) is 0 Å². The number of nitrogens with zero attached hydrogens (tertiary/aromatic N) is 1. The maximum absolute atomic E-state index is 10.8. The van der Waals surface area contributed by atoms with Gasteiger partial charge in [0.15, 0.2) is 0 Å². The Morgan fingerprint density at radius 1 is 1.47 bits per heavy atom. The van der Waals surface area contributed by atoms with Crippen LogP contribution in [0, 0.1) is 12.8 Å². The molecule has 1 aromatic carbocycles. The summed E-state index contributed by atoms with van der Waals surface area (Å²) in [4.78, 5) is 15.4. The zero-order valence-corrected chi connectivity index (χ0v) is 9.16. The van der Waals surface area contributed by atoms with E-state index in [4.69, 9.17) is 0 Å². The minimum absolute atomic E-state index is 0.685. The average Bonchev–Trinajstić information content (AvgIpc) is 3.04. The van der Waals surface area contributed by atoms with E-state index in [2.05, 4.69) is 11.9 Å². The van der Waals surface area contributed by atoms with Crippen LogP contribution in [-0.2, 0) is 0 Å². The molecule has 0 aromatic heterocycles. The van der Waals surface area contributed by atoms with Gasteiger partial charge >= 0.3 is 0 Å². The van der Waals surface area contributed by atoms with Crippen molar-refractivity contribution in [1.82, 2.24) is 0 Å². The Morgan fingerprint density at radius 3 is 2.80 bits per heavy atom. The lowest BCUT2D eigenvalue weighted by Gasteiger charge is -2.04. The molecule has 2 rings (SSSR count). The van der Waals surface area contributed by atoms with E-state index in [1.165, 1.54) is 18.6 Å². The normalized spacial score (nSPS) is 16.5. The van der Waals surface area contributed by atoms with Gasteiger partial charge in [0, 0.05) is 11.3 Å². The largest absolute Gasteiger partial charge is 0.298 e. The number of aliphatic imine (C=N–C) groups is 1. The summed E-state index contributed by atoms with van der Waals surface area (Å²) in [5.74, 6) is 0.685. The van der Waals surface area contributed by atoms with E-state index in [0.29, 0.717) is 5.92 Å². The summed E-state index contributed by atoms with van der Waals surface area (Å²) in [6.07, 6.45) is 3.42. The van der Waals surface area contributed by atoms with Gasteiger partial charge in [0.25, 0.3) is 0 Å². The first-order valence-corrected chi connectivity index (χ1v) is 5.32. The van der Waals surface area contributed by atoms with E-state index in [1.807, 2.05) is 25.1 Å². The minimum atomic E-state index is 0.685. The van der Waals surface area contributed by atoms with Crippen molar-refractivity contribution >= 4 is 17.7 Å². The number of hydrogen-bond acceptors (Lipinski definition) is 2. The van der Waals surface area contributed by atoms with E-state index in [9.17, 15) is 4.79 Å². The summed E-state index contributed by atoms with van der Waals surface area (Å²) in [6.45, 7) is 4.02. The predicted molar refractivity (Wildman–Crippen MR) is 62.1 cm³/mol. The number of rotatable bonds is 3. The Balaban J connectivity index is 2.35. The van der Waals surface area contributed by atoms with Gasteiger partial charge in [-0.25, -0.2) is 0 Å². The molecule has 0 unspecified atom stereocenters. The van der Waals surface area contributed by atoms with Gasteiger partial charge in [-0.15, -0.1) is 0 Å². The molecule has 0 radical (unpaired) electrons. The number of carbonyl (C=O) groups excluding carboxylic acids is 1. The highest BCUT2D eigenvalue weighted by Gasteiger charge is 2.24. The summed E-state index contributed by atoms with van der Waals surface area (Å²) >= 11 is 0. The quantitative estimate of drug-likeness (QED) is 0.545. The molecule has 2 nitrogen and oxygen atoms in total. The maximum atomic E-state index is 10.8. The molecule has 1 aromatic rings. The first-order chi connectivity index (χ1) is 7.22. The van der Waals surface area contributed by atoms with Crippen LogP contribution in [0.1, 0.15) is 35.7 Å². The molecule has 15 heavy (non-hydrogen) atoms. The standard InChI is InChI=1S/C13H15NO/c1-9-12(8-15)4-3-5-13(9)14-10(2)11-6-7-11/h3-5,8,11H,6-7H2,1-2H3. The van der Waals surface area contributed by atoms with E-state index in [1.54, 1.807) is 0 Å². The van der Waals surface area contributed by atoms with Crippen molar-refractivity contribution in [2.24, 2.45) is 10.9 Å². The van der Waals surface area contributed by atoms with Crippen LogP contribution in [0.2, 0.25) is 0 Å². The SMILES string of the molecule is CC(=Nc1cccc(C=O)c1C)C1CC1. The summed E-state index contributed by atoms with van der Waals surface area (Å²) in [5, 5.41) is 0. The van der Waals surface area contributed by atoms with Crippen molar-refractivity contribution in [1.29, 1.82) is 0 Å². The molecule has 78 valence electrons. The molecule has 2 heteroatoms. The molecule has 1 aliphatic rings. The van der Waals surface area contributed by atoms with Gasteiger partial charge < -0.3 is 0 Å². The van der Waals surface area contributed by atoms with Crippen molar-refractivity contribution in [2.75, 3.05) is 0 Å². The topological polar surface area (TPSA) is 29.4 Å². The number of benzene rings is 1. The lowest BCUT2D eigenvalue weighted by Crippen LogP contribution is -1.93. The molecular weight excluding hydrogens is 186 g/mol. The summed E-state index contributed by atoms with van der Waals surface area (Å²) in [7, 11) is 0. The Hall–Kier alpha value is -1.44. The molecule has 0 spiro atoms. The fraction of sp³-hybridized carbons (Fsp3) is 0.385. The maximum Gasteiger partial charge on any atom is 0.150 e. The van der Waals surface area contributed by atoms with Crippen molar-refractivity contribution in [3.63, 3.8) is 0 Å². The van der Waals surface area contributed by atoms with Gasteiger partial charge in [0.2, 0.25) is 0 Å². The molecule has 1 aliphatic carbocycles. The summed E-state index contributed by atoms with van der Waals surface area (Å²) < 4.78 is 0. The van der Waals surface area contributed by atoms with Crippen LogP contribution in [0.3, 0.4) is 0 Å². The molecule has 0 aliphatic heterocycles. The Kier molecular flexibility index (Phi) is 2.67. The summed E-state index contributed by atoms with van der Waals surface area (Å²) in [6, 6.07) is 5.68. The lowest BCUT2D eigenvalue weighted by atomic mass is 10.1. The van der Waals surface area contributed by atoms with Gasteiger partial charge in [-0.2, -0.15) is 0 Å². The molecule has 0 N–H and O–H groups in total. The Labute approximate surface area is 90.0 Å². The van der Waals surface area contributed by atoms with E-state index >= 15 is 0 Å². The van der Waals surface area contributed by atoms with Gasteiger partial charge in [0.05, 0.1) is 5.69 Å². The first kappa shape index (κ1) is 10.1. The Bertz CT molecular complexity index is 417. The third-order valence-corrected chi connectivity index (χ3v) is 2.94. The minimum Gasteiger partial charge on any atom is -0.298 e. The molecule has 1 saturated carbocycles. The monoisotopic (exact) mass is 201 g/mol. The smallest absolute Gasteiger partial charge is 0.150 e. The second kappa shape index (κ2) is 3.97. The van der Waals surface area contributed by atoms with Gasteiger partial charge in [0.1, 0.15) is 6.29 Å². The van der Waals surface area contributed by atoms with Crippen LogP contribution in [0.4, 0.5) is 5.69 Å². The van der Waals surface area contributed by atoms with Crippen LogP contribution in [-0.4, -0.2) is 12.0 Å². The van der Waals surface area contributed by atoms with Gasteiger partial charge in [-0.1, -0.05) is 12.1 Å². The molecule has 0 saturated heterocycles. The molecule has 1 fully saturated rings. The first-order valence-electron chi connectivity index (χ1n) is 5.32. The third-order valence-electron chi connectivity index (χ3n) is 2.94. The molecule has 0 amide bonds.